The minimum Gasteiger partial charge on any atom is -0.326 e. The second-order valence-electron chi connectivity index (χ2n) is 5.48. The van der Waals surface area contributed by atoms with Crippen molar-refractivity contribution in [2.24, 2.45) is 5.10 Å². The number of thioether (sulfide) groups is 1. The van der Waals surface area contributed by atoms with Gasteiger partial charge >= 0.3 is 0 Å². The molecule has 6 nitrogen and oxygen atoms in total. The van der Waals surface area contributed by atoms with Crippen molar-refractivity contribution in [2.45, 2.75) is 32.4 Å². The van der Waals surface area contributed by atoms with E-state index in [1.54, 1.807) is 6.92 Å². The van der Waals surface area contributed by atoms with Gasteiger partial charge in [0.15, 0.2) is 5.17 Å². The quantitative estimate of drug-likeness (QED) is 0.722. The molecule has 1 aliphatic rings. The maximum Gasteiger partial charge on any atom is 0.240 e. The summed E-state index contributed by atoms with van der Waals surface area (Å²) in [6.45, 7) is 9.32. The molecule has 1 aromatic rings. The summed E-state index contributed by atoms with van der Waals surface area (Å²) in [6, 6.07) is 5.86. The summed E-state index contributed by atoms with van der Waals surface area (Å²) < 4.78 is 0. The fourth-order valence-electron chi connectivity index (χ4n) is 1.98. The number of anilines is 1. The van der Waals surface area contributed by atoms with Crippen LogP contribution in [0.1, 0.15) is 24.5 Å². The SMILES string of the molecule is C=C(C)N/N=C1\NC(=O)[C@@H](CC(=O)Nc2cc(C)ccc2C)S1. The van der Waals surface area contributed by atoms with Gasteiger partial charge in [-0.2, -0.15) is 5.10 Å². The van der Waals surface area contributed by atoms with Gasteiger partial charge in [0, 0.05) is 17.8 Å². The smallest absolute Gasteiger partial charge is 0.240 e. The number of allylic oxidation sites excluding steroid dienone is 1. The third-order valence-corrected chi connectivity index (χ3v) is 4.24. The fraction of sp³-hybridized carbons (Fsp3) is 0.312. The van der Waals surface area contributed by atoms with E-state index in [1.807, 2.05) is 32.0 Å². The molecule has 2 amide bonds. The Balaban J connectivity index is 1.95. The van der Waals surface area contributed by atoms with Gasteiger partial charge in [-0.15, -0.1) is 0 Å². The third kappa shape index (κ3) is 4.85. The van der Waals surface area contributed by atoms with E-state index in [1.165, 1.54) is 11.8 Å². The molecular formula is C16H20N4O2S. The number of carbonyl (C=O) groups excluding carboxylic acids is 2. The number of nitrogens with zero attached hydrogens (tertiary/aromatic N) is 1. The van der Waals surface area contributed by atoms with E-state index in [9.17, 15) is 9.59 Å². The summed E-state index contributed by atoms with van der Waals surface area (Å²) in [6.07, 6.45) is 0.0932. The Bertz CT molecular complexity index is 685. The highest BCUT2D eigenvalue weighted by Gasteiger charge is 2.32. The van der Waals surface area contributed by atoms with E-state index in [-0.39, 0.29) is 18.2 Å². The van der Waals surface area contributed by atoms with Crippen LogP contribution in [0.2, 0.25) is 0 Å². The molecule has 1 aliphatic heterocycles. The molecule has 0 bridgehead atoms. The molecule has 23 heavy (non-hydrogen) atoms. The maximum atomic E-state index is 12.2. The van der Waals surface area contributed by atoms with Crippen LogP contribution in [0.4, 0.5) is 5.69 Å². The molecule has 7 heteroatoms. The molecule has 3 N–H and O–H groups in total. The molecular weight excluding hydrogens is 312 g/mol. The van der Waals surface area contributed by atoms with Crippen LogP contribution >= 0.6 is 11.8 Å². The van der Waals surface area contributed by atoms with Crippen LogP contribution < -0.4 is 16.1 Å². The first kappa shape index (κ1) is 17.1. The highest BCUT2D eigenvalue weighted by molar-refractivity contribution is 8.15. The Morgan fingerprint density at radius 1 is 1.43 bits per heavy atom. The Kier molecular flexibility index (Phi) is 5.44. The minimum absolute atomic E-state index is 0.0932. The number of hydrazone groups is 1. The zero-order valence-electron chi connectivity index (χ0n) is 13.4. The lowest BCUT2D eigenvalue weighted by Gasteiger charge is -2.10. The summed E-state index contributed by atoms with van der Waals surface area (Å²) in [5.41, 5.74) is 6.19. The Hall–Kier alpha value is -2.28. The van der Waals surface area contributed by atoms with Crippen molar-refractivity contribution >= 4 is 34.4 Å². The average molecular weight is 332 g/mol. The minimum atomic E-state index is -0.481. The molecule has 1 saturated heterocycles. The van der Waals surface area contributed by atoms with Crippen molar-refractivity contribution in [3.05, 3.63) is 41.6 Å². The molecule has 1 fully saturated rings. The van der Waals surface area contributed by atoms with Crippen LogP contribution in [0.3, 0.4) is 0 Å². The average Bonchev–Trinajstić information content (AvgIpc) is 2.81. The second kappa shape index (κ2) is 7.32. The summed E-state index contributed by atoms with van der Waals surface area (Å²) in [5, 5.41) is 9.47. The summed E-state index contributed by atoms with van der Waals surface area (Å²) in [4.78, 5) is 24.1. The molecule has 2 rings (SSSR count). The topological polar surface area (TPSA) is 82.6 Å². The summed E-state index contributed by atoms with van der Waals surface area (Å²) >= 11 is 1.23. The van der Waals surface area contributed by atoms with Gasteiger partial charge in [-0.05, 0) is 38.0 Å². The summed E-state index contributed by atoms with van der Waals surface area (Å²) in [7, 11) is 0. The number of hydrogen-bond acceptors (Lipinski definition) is 5. The van der Waals surface area contributed by atoms with E-state index in [4.69, 9.17) is 0 Å². The van der Waals surface area contributed by atoms with E-state index in [0.29, 0.717) is 10.9 Å². The number of amidine groups is 1. The van der Waals surface area contributed by atoms with Crippen molar-refractivity contribution in [1.82, 2.24) is 10.7 Å². The number of aryl methyl sites for hydroxylation is 2. The monoisotopic (exact) mass is 332 g/mol. The van der Waals surface area contributed by atoms with Crippen molar-refractivity contribution in [1.29, 1.82) is 0 Å². The highest BCUT2D eigenvalue weighted by atomic mass is 32.2. The number of amides is 2. The van der Waals surface area contributed by atoms with E-state index in [0.717, 1.165) is 16.8 Å². The molecule has 0 saturated carbocycles. The predicted molar refractivity (Wildman–Crippen MR) is 94.1 cm³/mol. The molecule has 0 radical (unpaired) electrons. The Morgan fingerprint density at radius 3 is 2.87 bits per heavy atom. The van der Waals surface area contributed by atoms with Crippen LogP contribution in [0.15, 0.2) is 35.6 Å². The molecule has 1 atom stereocenters. The molecule has 1 heterocycles. The van der Waals surface area contributed by atoms with Gasteiger partial charge in [-0.1, -0.05) is 30.5 Å². The maximum absolute atomic E-state index is 12.2. The zero-order valence-corrected chi connectivity index (χ0v) is 14.2. The van der Waals surface area contributed by atoms with Crippen molar-refractivity contribution in [3.63, 3.8) is 0 Å². The second-order valence-corrected chi connectivity index (χ2v) is 6.67. The molecule has 0 unspecified atom stereocenters. The van der Waals surface area contributed by atoms with Gasteiger partial charge in [-0.25, -0.2) is 0 Å². The predicted octanol–water partition coefficient (Wildman–Crippen LogP) is 2.26. The third-order valence-electron chi connectivity index (χ3n) is 3.16. The van der Waals surface area contributed by atoms with Gasteiger partial charge in [0.25, 0.3) is 0 Å². The van der Waals surface area contributed by atoms with E-state index in [2.05, 4.69) is 27.7 Å². The van der Waals surface area contributed by atoms with Crippen molar-refractivity contribution in [3.8, 4) is 0 Å². The zero-order chi connectivity index (χ0) is 17.0. The van der Waals surface area contributed by atoms with Crippen LogP contribution in [-0.4, -0.2) is 22.2 Å². The highest BCUT2D eigenvalue weighted by Crippen LogP contribution is 2.23. The number of carbonyl (C=O) groups is 2. The lowest BCUT2D eigenvalue weighted by molar-refractivity contribution is -0.122. The van der Waals surface area contributed by atoms with Gasteiger partial charge < -0.3 is 10.6 Å². The van der Waals surface area contributed by atoms with Gasteiger partial charge in [0.2, 0.25) is 11.8 Å². The normalized spacial score (nSPS) is 18.7. The number of rotatable bonds is 5. The van der Waals surface area contributed by atoms with Crippen LogP contribution in [0.25, 0.3) is 0 Å². The molecule has 0 aliphatic carbocycles. The number of benzene rings is 1. The van der Waals surface area contributed by atoms with E-state index >= 15 is 0 Å². The van der Waals surface area contributed by atoms with Crippen molar-refractivity contribution in [2.75, 3.05) is 5.32 Å². The largest absolute Gasteiger partial charge is 0.326 e. The fourth-order valence-corrected chi connectivity index (χ4v) is 2.91. The summed E-state index contributed by atoms with van der Waals surface area (Å²) in [5.74, 6) is -0.408. The van der Waals surface area contributed by atoms with Crippen LogP contribution in [0, 0.1) is 13.8 Å². The van der Waals surface area contributed by atoms with Crippen LogP contribution in [0.5, 0.6) is 0 Å². The molecule has 0 aromatic heterocycles. The first-order valence-electron chi connectivity index (χ1n) is 7.19. The molecule has 122 valence electrons. The number of hydrogen-bond donors (Lipinski definition) is 3. The van der Waals surface area contributed by atoms with Gasteiger partial charge in [0.05, 0.1) is 0 Å². The first-order chi connectivity index (χ1) is 10.8. The first-order valence-corrected chi connectivity index (χ1v) is 8.07. The van der Waals surface area contributed by atoms with Gasteiger partial charge in [0.1, 0.15) is 5.25 Å². The Labute approximate surface area is 139 Å². The van der Waals surface area contributed by atoms with E-state index < -0.39 is 5.25 Å². The lowest BCUT2D eigenvalue weighted by atomic mass is 10.1. The standard InChI is InChI=1S/C16H20N4O2S/c1-9(2)19-20-16-18-15(22)13(23-16)8-14(21)17-12-7-10(3)5-6-11(12)4/h5-7,13,19H,1,8H2,2-4H3,(H,17,21)(H,18,20,22)/t13-/m1/s1. The Morgan fingerprint density at radius 2 is 2.17 bits per heavy atom. The lowest BCUT2D eigenvalue weighted by Crippen LogP contribution is -2.28. The molecule has 1 aromatic carbocycles. The number of nitrogens with one attached hydrogen (secondary N) is 3. The van der Waals surface area contributed by atoms with Crippen molar-refractivity contribution < 1.29 is 9.59 Å². The van der Waals surface area contributed by atoms with Gasteiger partial charge in [-0.3, -0.25) is 15.0 Å². The molecule has 0 spiro atoms. The van der Waals surface area contributed by atoms with Crippen LogP contribution in [-0.2, 0) is 9.59 Å².